The van der Waals surface area contributed by atoms with E-state index < -0.39 is 4.92 Å². The lowest BCUT2D eigenvalue weighted by atomic mass is 10.1. The number of nitro benzene ring substituents is 1. The Morgan fingerprint density at radius 2 is 1.92 bits per heavy atom. The van der Waals surface area contributed by atoms with Crippen molar-refractivity contribution in [2.24, 2.45) is 0 Å². The standard InChI is InChI=1S/C15H11Br2ClN2O4/c1-24-14-3-2-8(4-12(14)18)13(21)7-19-15-10(16)5-9(20(22)23)6-11(15)17/h2-6,19H,7H2,1H3. The second-order valence-corrected chi connectivity index (χ2v) is 6.78. The maximum Gasteiger partial charge on any atom is 0.271 e. The van der Waals surface area contributed by atoms with Crippen molar-refractivity contribution < 1.29 is 14.5 Å². The minimum atomic E-state index is -0.496. The van der Waals surface area contributed by atoms with Gasteiger partial charge in [0.05, 0.1) is 29.3 Å². The Bertz CT molecular complexity index is 791. The lowest BCUT2D eigenvalue weighted by Gasteiger charge is -2.11. The van der Waals surface area contributed by atoms with Crippen LogP contribution in [0.5, 0.6) is 5.75 Å². The molecule has 0 saturated heterocycles. The highest BCUT2D eigenvalue weighted by Crippen LogP contribution is 2.35. The molecule has 2 aromatic carbocycles. The maximum atomic E-state index is 12.3. The quantitative estimate of drug-likeness (QED) is 0.356. The maximum absolute atomic E-state index is 12.3. The Morgan fingerprint density at radius 3 is 2.42 bits per heavy atom. The van der Waals surface area contributed by atoms with Gasteiger partial charge in [-0.05, 0) is 50.1 Å². The number of nitrogens with zero attached hydrogens (tertiary/aromatic N) is 1. The number of nitro groups is 1. The number of nitrogens with one attached hydrogen (secondary N) is 1. The second kappa shape index (κ2) is 7.96. The van der Waals surface area contributed by atoms with Crippen molar-refractivity contribution in [3.63, 3.8) is 0 Å². The van der Waals surface area contributed by atoms with Gasteiger partial charge in [0, 0.05) is 26.6 Å². The summed E-state index contributed by atoms with van der Waals surface area (Å²) in [5, 5.41) is 14.1. The molecular weight excluding hydrogens is 467 g/mol. The summed E-state index contributed by atoms with van der Waals surface area (Å²) in [6.45, 7) is -0.00231. The van der Waals surface area contributed by atoms with E-state index in [9.17, 15) is 14.9 Å². The minimum absolute atomic E-state index is 0.00231. The van der Waals surface area contributed by atoms with E-state index in [0.29, 0.717) is 31.0 Å². The van der Waals surface area contributed by atoms with Crippen LogP contribution in [0.3, 0.4) is 0 Å². The number of hydrogen-bond acceptors (Lipinski definition) is 5. The van der Waals surface area contributed by atoms with Gasteiger partial charge in [-0.3, -0.25) is 14.9 Å². The van der Waals surface area contributed by atoms with Crippen molar-refractivity contribution in [1.29, 1.82) is 0 Å². The molecule has 6 nitrogen and oxygen atoms in total. The first-order chi connectivity index (χ1) is 11.3. The number of ketones is 1. The molecule has 0 aromatic heterocycles. The lowest BCUT2D eigenvalue weighted by Crippen LogP contribution is -2.14. The predicted octanol–water partition coefficient (Wildman–Crippen LogP) is 5.08. The zero-order valence-corrected chi connectivity index (χ0v) is 16.2. The monoisotopic (exact) mass is 476 g/mol. The van der Waals surface area contributed by atoms with E-state index >= 15 is 0 Å². The fraction of sp³-hybridized carbons (Fsp3) is 0.133. The first-order valence-corrected chi connectivity index (χ1v) is 8.54. The molecule has 0 heterocycles. The Balaban J connectivity index is 2.15. The number of hydrogen-bond donors (Lipinski definition) is 1. The number of halogens is 3. The van der Waals surface area contributed by atoms with Crippen LogP contribution in [0.4, 0.5) is 11.4 Å². The van der Waals surface area contributed by atoms with E-state index in [4.69, 9.17) is 16.3 Å². The molecule has 0 amide bonds. The van der Waals surface area contributed by atoms with Crippen LogP contribution >= 0.6 is 43.5 Å². The van der Waals surface area contributed by atoms with E-state index in [-0.39, 0.29) is 18.0 Å². The van der Waals surface area contributed by atoms with Crippen LogP contribution in [-0.4, -0.2) is 24.4 Å². The minimum Gasteiger partial charge on any atom is -0.495 e. The molecule has 0 spiro atoms. The van der Waals surface area contributed by atoms with Crippen molar-refractivity contribution in [3.05, 3.63) is 60.0 Å². The smallest absolute Gasteiger partial charge is 0.271 e. The van der Waals surface area contributed by atoms with Crippen LogP contribution in [0.25, 0.3) is 0 Å². The van der Waals surface area contributed by atoms with Gasteiger partial charge in [-0.15, -0.1) is 0 Å². The number of anilines is 1. The highest BCUT2D eigenvalue weighted by Gasteiger charge is 2.15. The van der Waals surface area contributed by atoms with E-state index in [2.05, 4.69) is 37.2 Å². The van der Waals surface area contributed by atoms with Gasteiger partial charge in [0.15, 0.2) is 5.78 Å². The number of benzene rings is 2. The molecule has 0 unspecified atom stereocenters. The lowest BCUT2D eigenvalue weighted by molar-refractivity contribution is -0.385. The average molecular weight is 479 g/mol. The molecule has 0 atom stereocenters. The van der Waals surface area contributed by atoms with Crippen LogP contribution < -0.4 is 10.1 Å². The van der Waals surface area contributed by atoms with Gasteiger partial charge >= 0.3 is 0 Å². The molecular formula is C15H11Br2ClN2O4. The molecule has 0 aliphatic carbocycles. The van der Waals surface area contributed by atoms with Crippen molar-refractivity contribution in [2.45, 2.75) is 0 Å². The van der Waals surface area contributed by atoms with Crippen molar-refractivity contribution in [1.82, 2.24) is 0 Å². The third kappa shape index (κ3) is 4.25. The number of ether oxygens (including phenoxy) is 1. The molecule has 9 heteroatoms. The van der Waals surface area contributed by atoms with Crippen LogP contribution in [0.2, 0.25) is 5.02 Å². The van der Waals surface area contributed by atoms with E-state index in [1.807, 2.05) is 0 Å². The van der Waals surface area contributed by atoms with Gasteiger partial charge in [0.2, 0.25) is 0 Å². The summed E-state index contributed by atoms with van der Waals surface area (Å²) >= 11 is 12.5. The summed E-state index contributed by atoms with van der Waals surface area (Å²) in [4.78, 5) is 22.6. The molecule has 0 aliphatic heterocycles. The Hall–Kier alpha value is -1.64. The molecule has 2 rings (SSSR count). The normalized spacial score (nSPS) is 10.3. The number of rotatable bonds is 6. The Kier molecular flexibility index (Phi) is 6.20. The molecule has 0 aliphatic rings. The summed E-state index contributed by atoms with van der Waals surface area (Å²) < 4.78 is 6.00. The van der Waals surface area contributed by atoms with Gasteiger partial charge in [0.1, 0.15) is 5.75 Å². The highest BCUT2D eigenvalue weighted by atomic mass is 79.9. The molecule has 24 heavy (non-hydrogen) atoms. The predicted molar refractivity (Wildman–Crippen MR) is 99.3 cm³/mol. The van der Waals surface area contributed by atoms with E-state index in [0.717, 1.165) is 0 Å². The van der Waals surface area contributed by atoms with Gasteiger partial charge in [-0.25, -0.2) is 0 Å². The molecule has 0 radical (unpaired) electrons. The molecule has 0 saturated carbocycles. The summed E-state index contributed by atoms with van der Waals surface area (Å²) in [5.74, 6) is 0.304. The fourth-order valence-corrected chi connectivity index (χ4v) is 3.64. The zero-order valence-electron chi connectivity index (χ0n) is 12.3. The Morgan fingerprint density at radius 1 is 1.29 bits per heavy atom. The van der Waals surface area contributed by atoms with Crippen molar-refractivity contribution in [2.75, 3.05) is 19.0 Å². The first-order valence-electron chi connectivity index (χ1n) is 6.57. The van der Waals surface area contributed by atoms with Crippen LogP contribution in [0.1, 0.15) is 10.4 Å². The van der Waals surface area contributed by atoms with Crippen LogP contribution in [0.15, 0.2) is 39.3 Å². The van der Waals surface area contributed by atoms with Crippen LogP contribution in [0, 0.1) is 10.1 Å². The largest absolute Gasteiger partial charge is 0.495 e. The van der Waals surface area contributed by atoms with Crippen molar-refractivity contribution in [3.8, 4) is 5.75 Å². The number of non-ortho nitro benzene ring substituents is 1. The van der Waals surface area contributed by atoms with E-state index in [1.165, 1.54) is 25.3 Å². The van der Waals surface area contributed by atoms with Crippen molar-refractivity contribution >= 4 is 60.6 Å². The fourth-order valence-electron chi connectivity index (χ4n) is 1.94. The topological polar surface area (TPSA) is 81.5 Å². The molecule has 0 bridgehead atoms. The number of carbonyl (C=O) groups is 1. The van der Waals surface area contributed by atoms with Gasteiger partial charge in [0.25, 0.3) is 5.69 Å². The number of carbonyl (C=O) groups excluding carboxylic acids is 1. The van der Waals surface area contributed by atoms with Gasteiger partial charge in [-0.1, -0.05) is 11.6 Å². The number of methoxy groups -OCH3 is 1. The highest BCUT2D eigenvalue weighted by molar-refractivity contribution is 9.11. The average Bonchev–Trinajstić information content (AvgIpc) is 2.53. The van der Waals surface area contributed by atoms with Crippen LogP contribution in [-0.2, 0) is 0 Å². The van der Waals surface area contributed by atoms with E-state index in [1.54, 1.807) is 12.1 Å². The first kappa shape index (κ1) is 18.7. The molecule has 0 fully saturated rings. The Labute approximate surface area is 159 Å². The summed E-state index contributed by atoms with van der Waals surface area (Å²) in [7, 11) is 1.49. The number of Topliss-reactive ketones (excluding diaryl/α,β-unsaturated/α-hetero) is 1. The van der Waals surface area contributed by atoms with Gasteiger partial charge < -0.3 is 10.1 Å². The third-order valence-corrected chi connectivity index (χ3v) is 4.68. The molecule has 2 aromatic rings. The molecule has 126 valence electrons. The third-order valence-electron chi connectivity index (χ3n) is 3.14. The van der Waals surface area contributed by atoms with Gasteiger partial charge in [-0.2, -0.15) is 0 Å². The summed E-state index contributed by atoms with van der Waals surface area (Å²) in [5.41, 5.74) is 0.920. The second-order valence-electron chi connectivity index (χ2n) is 4.67. The summed E-state index contributed by atoms with van der Waals surface area (Å²) in [6, 6.07) is 7.50. The zero-order chi connectivity index (χ0) is 17.9. The molecule has 1 N–H and O–H groups in total. The SMILES string of the molecule is COc1ccc(C(=O)CNc2c(Br)cc([N+](=O)[O-])cc2Br)cc1Cl. The summed E-state index contributed by atoms with van der Waals surface area (Å²) in [6.07, 6.45) is 0.